The van der Waals surface area contributed by atoms with E-state index in [1.165, 1.54) is 19.3 Å². The van der Waals surface area contributed by atoms with Crippen molar-refractivity contribution >= 4 is 0 Å². The molecule has 0 saturated carbocycles. The molecule has 0 aliphatic heterocycles. The second kappa shape index (κ2) is 4.86. The van der Waals surface area contributed by atoms with Crippen LogP contribution in [-0.2, 0) is 0 Å². The molecule has 0 bridgehead atoms. The standard InChI is InChI=1S/C11H25N/c1-7-9-10(8-2)12(6)11(3,4)5/h10H,7-9H2,1-6H3. The lowest BCUT2D eigenvalue weighted by Crippen LogP contribution is -2.44. The van der Waals surface area contributed by atoms with Gasteiger partial charge >= 0.3 is 0 Å². The van der Waals surface area contributed by atoms with Gasteiger partial charge in [-0.15, -0.1) is 0 Å². The van der Waals surface area contributed by atoms with Gasteiger partial charge in [-0.3, -0.25) is 4.90 Å². The Morgan fingerprint density at radius 1 is 1.17 bits per heavy atom. The Labute approximate surface area is 78.1 Å². The van der Waals surface area contributed by atoms with Gasteiger partial charge in [-0.1, -0.05) is 20.3 Å². The summed E-state index contributed by atoms with van der Waals surface area (Å²) in [4.78, 5) is 2.50. The lowest BCUT2D eigenvalue weighted by Gasteiger charge is -2.38. The van der Waals surface area contributed by atoms with E-state index < -0.39 is 0 Å². The third-order valence-electron chi connectivity index (χ3n) is 2.70. The van der Waals surface area contributed by atoms with Crippen LogP contribution in [-0.4, -0.2) is 23.5 Å². The molecule has 0 amide bonds. The van der Waals surface area contributed by atoms with Crippen LogP contribution in [0.5, 0.6) is 0 Å². The van der Waals surface area contributed by atoms with Gasteiger partial charge in [0.2, 0.25) is 0 Å². The molecule has 0 N–H and O–H groups in total. The molecule has 0 spiro atoms. The predicted molar refractivity (Wildman–Crippen MR) is 56.5 cm³/mol. The first-order valence-electron chi connectivity index (χ1n) is 5.16. The average Bonchev–Trinajstić information content (AvgIpc) is 1.97. The molecule has 0 rings (SSSR count). The van der Waals surface area contributed by atoms with Gasteiger partial charge in [-0.2, -0.15) is 0 Å². The normalized spacial score (nSPS) is 15.2. The Balaban J connectivity index is 4.11. The Morgan fingerprint density at radius 3 is 1.92 bits per heavy atom. The summed E-state index contributed by atoms with van der Waals surface area (Å²) in [5, 5.41) is 0. The van der Waals surface area contributed by atoms with Crippen LogP contribution in [0.4, 0.5) is 0 Å². The van der Waals surface area contributed by atoms with Crippen molar-refractivity contribution in [2.45, 2.75) is 65.5 Å². The zero-order valence-electron chi connectivity index (χ0n) is 9.65. The average molecular weight is 171 g/mol. The van der Waals surface area contributed by atoms with E-state index in [1.807, 2.05) is 0 Å². The van der Waals surface area contributed by atoms with E-state index >= 15 is 0 Å². The highest BCUT2D eigenvalue weighted by Gasteiger charge is 2.22. The van der Waals surface area contributed by atoms with Crippen molar-refractivity contribution in [3.63, 3.8) is 0 Å². The summed E-state index contributed by atoms with van der Waals surface area (Å²) in [6, 6.07) is 0.759. The lowest BCUT2D eigenvalue weighted by molar-refractivity contribution is 0.107. The van der Waals surface area contributed by atoms with E-state index in [-0.39, 0.29) is 0 Å². The van der Waals surface area contributed by atoms with Crippen molar-refractivity contribution in [3.05, 3.63) is 0 Å². The maximum absolute atomic E-state index is 2.50. The van der Waals surface area contributed by atoms with Crippen LogP contribution in [0, 0.1) is 0 Å². The molecule has 0 aromatic carbocycles. The number of rotatable bonds is 4. The fraction of sp³-hybridized carbons (Fsp3) is 1.00. The SMILES string of the molecule is CCCC(CC)N(C)C(C)(C)C. The van der Waals surface area contributed by atoms with Gasteiger partial charge in [0.1, 0.15) is 0 Å². The minimum atomic E-state index is 0.315. The maximum atomic E-state index is 2.50. The quantitative estimate of drug-likeness (QED) is 0.627. The van der Waals surface area contributed by atoms with E-state index in [4.69, 9.17) is 0 Å². The minimum absolute atomic E-state index is 0.315. The summed E-state index contributed by atoms with van der Waals surface area (Å²) in [7, 11) is 2.24. The van der Waals surface area contributed by atoms with Gasteiger partial charge in [0.15, 0.2) is 0 Å². The summed E-state index contributed by atoms with van der Waals surface area (Å²) in [5.74, 6) is 0. The minimum Gasteiger partial charge on any atom is -0.299 e. The van der Waals surface area contributed by atoms with Crippen LogP contribution < -0.4 is 0 Å². The van der Waals surface area contributed by atoms with Crippen LogP contribution >= 0.6 is 0 Å². The molecular formula is C11H25N. The topological polar surface area (TPSA) is 3.24 Å². The molecule has 1 atom stereocenters. The molecule has 0 aromatic heterocycles. The van der Waals surface area contributed by atoms with Gasteiger partial charge in [0.05, 0.1) is 0 Å². The van der Waals surface area contributed by atoms with Gasteiger partial charge in [-0.25, -0.2) is 0 Å². The summed E-state index contributed by atoms with van der Waals surface area (Å²) < 4.78 is 0. The van der Waals surface area contributed by atoms with Gasteiger partial charge < -0.3 is 0 Å². The molecular weight excluding hydrogens is 146 g/mol. The molecule has 74 valence electrons. The molecule has 0 aromatic rings. The van der Waals surface area contributed by atoms with E-state index in [2.05, 4.69) is 46.6 Å². The Kier molecular flexibility index (Phi) is 4.84. The monoisotopic (exact) mass is 171 g/mol. The summed E-state index contributed by atoms with van der Waals surface area (Å²) in [6.45, 7) is 11.4. The number of hydrogen-bond donors (Lipinski definition) is 0. The van der Waals surface area contributed by atoms with Crippen LogP contribution in [0.25, 0.3) is 0 Å². The zero-order chi connectivity index (χ0) is 9.78. The predicted octanol–water partition coefficient (Wildman–Crippen LogP) is 3.30. The van der Waals surface area contributed by atoms with Crippen LogP contribution in [0.3, 0.4) is 0 Å². The van der Waals surface area contributed by atoms with Crippen molar-refractivity contribution in [1.29, 1.82) is 0 Å². The van der Waals surface area contributed by atoms with Gasteiger partial charge in [0, 0.05) is 11.6 Å². The van der Waals surface area contributed by atoms with Crippen LogP contribution in [0.1, 0.15) is 53.9 Å². The Morgan fingerprint density at radius 2 is 1.67 bits per heavy atom. The second-order valence-corrected chi connectivity index (χ2v) is 4.63. The fourth-order valence-corrected chi connectivity index (χ4v) is 1.55. The van der Waals surface area contributed by atoms with Crippen molar-refractivity contribution in [2.75, 3.05) is 7.05 Å². The smallest absolute Gasteiger partial charge is 0.0124 e. The maximum Gasteiger partial charge on any atom is 0.0124 e. The van der Waals surface area contributed by atoms with E-state index in [9.17, 15) is 0 Å². The molecule has 0 heterocycles. The summed E-state index contributed by atoms with van der Waals surface area (Å²) >= 11 is 0. The second-order valence-electron chi connectivity index (χ2n) is 4.63. The molecule has 0 saturated heterocycles. The van der Waals surface area contributed by atoms with Crippen LogP contribution in [0.15, 0.2) is 0 Å². The molecule has 1 heteroatoms. The van der Waals surface area contributed by atoms with Crippen molar-refractivity contribution in [1.82, 2.24) is 4.90 Å². The molecule has 1 unspecified atom stereocenters. The van der Waals surface area contributed by atoms with Gasteiger partial charge in [-0.05, 0) is 40.7 Å². The largest absolute Gasteiger partial charge is 0.299 e. The summed E-state index contributed by atoms with van der Waals surface area (Å²) in [5.41, 5.74) is 0.315. The summed E-state index contributed by atoms with van der Waals surface area (Å²) in [6.07, 6.45) is 3.88. The molecule has 12 heavy (non-hydrogen) atoms. The molecule has 0 fully saturated rings. The Hall–Kier alpha value is -0.0400. The molecule has 0 radical (unpaired) electrons. The van der Waals surface area contributed by atoms with Crippen LogP contribution in [0.2, 0.25) is 0 Å². The third kappa shape index (κ3) is 3.57. The van der Waals surface area contributed by atoms with Crippen molar-refractivity contribution in [2.24, 2.45) is 0 Å². The third-order valence-corrected chi connectivity index (χ3v) is 2.70. The first-order valence-corrected chi connectivity index (χ1v) is 5.16. The van der Waals surface area contributed by atoms with Crippen molar-refractivity contribution in [3.8, 4) is 0 Å². The highest BCUT2D eigenvalue weighted by atomic mass is 15.2. The lowest BCUT2D eigenvalue weighted by atomic mass is 10.00. The first-order chi connectivity index (χ1) is 5.43. The number of hydrogen-bond acceptors (Lipinski definition) is 1. The molecule has 0 aliphatic carbocycles. The molecule has 1 nitrogen and oxygen atoms in total. The van der Waals surface area contributed by atoms with E-state index in [0.29, 0.717) is 5.54 Å². The number of nitrogens with zero attached hydrogens (tertiary/aromatic N) is 1. The highest BCUT2D eigenvalue weighted by Crippen LogP contribution is 2.19. The van der Waals surface area contributed by atoms with Gasteiger partial charge in [0.25, 0.3) is 0 Å². The Bertz CT molecular complexity index is 113. The first kappa shape index (κ1) is 12.0. The van der Waals surface area contributed by atoms with E-state index in [0.717, 1.165) is 6.04 Å². The molecule has 0 aliphatic rings. The zero-order valence-corrected chi connectivity index (χ0v) is 9.65. The fourth-order valence-electron chi connectivity index (χ4n) is 1.55. The highest BCUT2D eigenvalue weighted by molar-refractivity contribution is 4.79. The van der Waals surface area contributed by atoms with E-state index in [1.54, 1.807) is 0 Å². The van der Waals surface area contributed by atoms with Crippen molar-refractivity contribution < 1.29 is 0 Å².